The molecule has 0 spiro atoms. The standard InChI is InChI=1S/C11H9NO/c1-2-8-7-12-11(13)10-6-4-3-5-9(8)10/h2-7H,1H2,(H,12,13). The van der Waals surface area contributed by atoms with Gasteiger partial charge in [-0.2, -0.15) is 0 Å². The van der Waals surface area contributed by atoms with Gasteiger partial charge >= 0.3 is 0 Å². The van der Waals surface area contributed by atoms with Crippen molar-refractivity contribution in [3.05, 3.63) is 53.0 Å². The van der Waals surface area contributed by atoms with Gasteiger partial charge in [-0.3, -0.25) is 4.79 Å². The molecule has 1 aromatic carbocycles. The van der Waals surface area contributed by atoms with Gasteiger partial charge in [-0.15, -0.1) is 0 Å². The highest BCUT2D eigenvalue weighted by molar-refractivity contribution is 5.89. The van der Waals surface area contributed by atoms with Gasteiger partial charge in [0.25, 0.3) is 5.56 Å². The first-order valence-electron chi connectivity index (χ1n) is 4.06. The summed E-state index contributed by atoms with van der Waals surface area (Å²) in [6.45, 7) is 3.69. The number of aromatic amines is 1. The zero-order valence-electron chi connectivity index (χ0n) is 7.08. The molecule has 0 saturated carbocycles. The van der Waals surface area contributed by atoms with Gasteiger partial charge in [-0.1, -0.05) is 30.9 Å². The zero-order chi connectivity index (χ0) is 9.26. The predicted molar refractivity (Wildman–Crippen MR) is 54.7 cm³/mol. The van der Waals surface area contributed by atoms with E-state index in [1.54, 1.807) is 18.3 Å². The molecule has 0 amide bonds. The summed E-state index contributed by atoms with van der Waals surface area (Å²) in [5, 5.41) is 1.65. The molecule has 1 N–H and O–H groups in total. The first-order chi connectivity index (χ1) is 6.33. The van der Waals surface area contributed by atoms with Crippen LogP contribution in [0.3, 0.4) is 0 Å². The van der Waals surface area contributed by atoms with Crippen LogP contribution in [0.1, 0.15) is 5.56 Å². The smallest absolute Gasteiger partial charge is 0.255 e. The van der Waals surface area contributed by atoms with Gasteiger partial charge in [0.05, 0.1) is 0 Å². The summed E-state index contributed by atoms with van der Waals surface area (Å²) in [6.07, 6.45) is 3.41. The maximum absolute atomic E-state index is 11.4. The predicted octanol–water partition coefficient (Wildman–Crippen LogP) is 2.17. The summed E-state index contributed by atoms with van der Waals surface area (Å²) >= 11 is 0. The molecule has 0 saturated heterocycles. The van der Waals surface area contributed by atoms with E-state index in [9.17, 15) is 4.79 Å². The van der Waals surface area contributed by atoms with Crippen LogP contribution in [0.2, 0.25) is 0 Å². The minimum absolute atomic E-state index is 0.0544. The molecule has 2 rings (SSSR count). The van der Waals surface area contributed by atoms with Crippen LogP contribution < -0.4 is 5.56 Å². The fourth-order valence-electron chi connectivity index (χ4n) is 1.40. The van der Waals surface area contributed by atoms with Crippen LogP contribution >= 0.6 is 0 Å². The SMILES string of the molecule is C=Cc1c[nH]c(=O)c2ccccc12. The fourth-order valence-corrected chi connectivity index (χ4v) is 1.40. The highest BCUT2D eigenvalue weighted by Gasteiger charge is 1.99. The van der Waals surface area contributed by atoms with Gasteiger partial charge in [0, 0.05) is 11.6 Å². The molecule has 0 bridgehead atoms. The Morgan fingerprint density at radius 2 is 1.92 bits per heavy atom. The van der Waals surface area contributed by atoms with Crippen LogP contribution in [0.4, 0.5) is 0 Å². The Morgan fingerprint density at radius 1 is 1.23 bits per heavy atom. The summed E-state index contributed by atoms with van der Waals surface area (Å²) in [5.74, 6) is 0. The Kier molecular flexibility index (Phi) is 1.74. The van der Waals surface area contributed by atoms with Gasteiger partial charge in [0.2, 0.25) is 0 Å². The Balaban J connectivity index is 3.01. The molecular formula is C11H9NO. The molecule has 13 heavy (non-hydrogen) atoms. The minimum atomic E-state index is -0.0544. The van der Waals surface area contributed by atoms with Crippen molar-refractivity contribution in [3.63, 3.8) is 0 Å². The van der Waals surface area contributed by atoms with Crippen LogP contribution in [-0.4, -0.2) is 4.98 Å². The lowest BCUT2D eigenvalue weighted by Gasteiger charge is -1.99. The number of pyridine rings is 1. The number of H-pyrrole nitrogens is 1. The van der Waals surface area contributed by atoms with E-state index < -0.39 is 0 Å². The average molecular weight is 171 g/mol. The number of aromatic nitrogens is 1. The molecule has 0 unspecified atom stereocenters. The lowest BCUT2D eigenvalue weighted by molar-refractivity contribution is 1.27. The van der Waals surface area contributed by atoms with Gasteiger partial charge in [0.1, 0.15) is 0 Å². The van der Waals surface area contributed by atoms with Crippen molar-refractivity contribution in [2.24, 2.45) is 0 Å². The zero-order valence-corrected chi connectivity index (χ0v) is 7.08. The lowest BCUT2D eigenvalue weighted by atomic mass is 10.1. The second-order valence-electron chi connectivity index (χ2n) is 2.82. The second-order valence-corrected chi connectivity index (χ2v) is 2.82. The van der Waals surface area contributed by atoms with Gasteiger partial charge in [-0.25, -0.2) is 0 Å². The molecule has 0 aliphatic carbocycles. The van der Waals surface area contributed by atoms with E-state index in [2.05, 4.69) is 11.6 Å². The van der Waals surface area contributed by atoms with Crippen molar-refractivity contribution < 1.29 is 0 Å². The quantitative estimate of drug-likeness (QED) is 0.700. The third kappa shape index (κ3) is 1.16. The van der Waals surface area contributed by atoms with E-state index in [4.69, 9.17) is 0 Å². The monoisotopic (exact) mass is 171 g/mol. The molecule has 64 valence electrons. The topological polar surface area (TPSA) is 32.9 Å². The number of hydrogen-bond donors (Lipinski definition) is 1. The van der Waals surface area contributed by atoms with Crippen LogP contribution in [0, 0.1) is 0 Å². The molecule has 1 heterocycles. The summed E-state index contributed by atoms with van der Waals surface area (Å²) in [7, 11) is 0. The number of nitrogens with one attached hydrogen (secondary N) is 1. The largest absolute Gasteiger partial charge is 0.328 e. The Bertz CT molecular complexity index is 511. The maximum Gasteiger partial charge on any atom is 0.255 e. The van der Waals surface area contributed by atoms with E-state index in [1.165, 1.54) is 0 Å². The second kappa shape index (κ2) is 2.90. The molecular weight excluding hydrogens is 162 g/mol. The van der Waals surface area contributed by atoms with Crippen molar-refractivity contribution in [2.45, 2.75) is 0 Å². The summed E-state index contributed by atoms with van der Waals surface area (Å²) < 4.78 is 0. The molecule has 0 fully saturated rings. The Hall–Kier alpha value is -1.83. The van der Waals surface area contributed by atoms with E-state index in [0.29, 0.717) is 5.39 Å². The fraction of sp³-hybridized carbons (Fsp3) is 0. The third-order valence-electron chi connectivity index (χ3n) is 2.06. The summed E-state index contributed by atoms with van der Waals surface area (Å²) in [6, 6.07) is 7.49. The normalized spacial score (nSPS) is 10.2. The summed E-state index contributed by atoms with van der Waals surface area (Å²) in [5.41, 5.74) is 0.899. The molecule has 2 nitrogen and oxygen atoms in total. The molecule has 0 radical (unpaired) electrons. The van der Waals surface area contributed by atoms with Crippen molar-refractivity contribution in [1.29, 1.82) is 0 Å². The maximum atomic E-state index is 11.4. The van der Waals surface area contributed by atoms with Crippen molar-refractivity contribution in [3.8, 4) is 0 Å². The molecule has 0 aliphatic heterocycles. The van der Waals surface area contributed by atoms with E-state index >= 15 is 0 Å². The first kappa shape index (κ1) is 7.80. The van der Waals surface area contributed by atoms with Crippen LogP contribution in [0.15, 0.2) is 41.8 Å². The van der Waals surface area contributed by atoms with Crippen molar-refractivity contribution in [2.75, 3.05) is 0 Å². The van der Waals surface area contributed by atoms with Crippen molar-refractivity contribution >= 4 is 16.8 Å². The van der Waals surface area contributed by atoms with E-state index in [-0.39, 0.29) is 5.56 Å². The molecule has 0 aliphatic rings. The minimum Gasteiger partial charge on any atom is -0.328 e. The Morgan fingerprint density at radius 3 is 2.62 bits per heavy atom. The van der Waals surface area contributed by atoms with Gasteiger partial charge in [-0.05, 0) is 17.0 Å². The van der Waals surface area contributed by atoms with Gasteiger partial charge < -0.3 is 4.98 Å². The highest BCUT2D eigenvalue weighted by atomic mass is 16.1. The van der Waals surface area contributed by atoms with Gasteiger partial charge in [0.15, 0.2) is 0 Å². The number of fused-ring (bicyclic) bond motifs is 1. The average Bonchev–Trinajstić information content (AvgIpc) is 2.19. The van der Waals surface area contributed by atoms with Crippen molar-refractivity contribution in [1.82, 2.24) is 4.98 Å². The van der Waals surface area contributed by atoms with E-state index in [0.717, 1.165) is 10.9 Å². The third-order valence-corrected chi connectivity index (χ3v) is 2.06. The lowest BCUT2D eigenvalue weighted by Crippen LogP contribution is -2.05. The molecule has 2 aromatic rings. The Labute approximate surface area is 75.5 Å². The first-order valence-corrected chi connectivity index (χ1v) is 4.06. The number of benzene rings is 1. The molecule has 0 atom stereocenters. The van der Waals surface area contributed by atoms with Crippen LogP contribution in [-0.2, 0) is 0 Å². The molecule has 1 aromatic heterocycles. The molecule has 2 heteroatoms. The van der Waals surface area contributed by atoms with Crippen LogP contribution in [0.25, 0.3) is 16.8 Å². The number of rotatable bonds is 1. The summed E-state index contributed by atoms with van der Waals surface area (Å²) in [4.78, 5) is 14.0. The number of hydrogen-bond acceptors (Lipinski definition) is 1. The van der Waals surface area contributed by atoms with Crippen LogP contribution in [0.5, 0.6) is 0 Å². The highest BCUT2D eigenvalue weighted by Crippen LogP contribution is 2.14. The van der Waals surface area contributed by atoms with E-state index in [1.807, 2.05) is 18.2 Å².